The van der Waals surface area contributed by atoms with E-state index in [1.54, 1.807) is 0 Å². The minimum Gasteiger partial charge on any atom is -0.310 e. The maximum atomic E-state index is 2.40. The predicted molar refractivity (Wildman–Crippen MR) is 251 cm³/mol. The molecule has 1 heteroatoms. The summed E-state index contributed by atoms with van der Waals surface area (Å²) in [7, 11) is 0. The average molecular weight is 752 g/mol. The Balaban J connectivity index is 1.07. The second-order valence-corrected chi connectivity index (χ2v) is 14.9. The van der Waals surface area contributed by atoms with Crippen molar-refractivity contribution in [1.29, 1.82) is 0 Å². The first-order valence-electron chi connectivity index (χ1n) is 20.3. The molecule has 0 aliphatic heterocycles. The van der Waals surface area contributed by atoms with Crippen molar-refractivity contribution in [1.82, 2.24) is 0 Å². The Morgan fingerprint density at radius 1 is 0.220 bits per heavy atom. The minimum atomic E-state index is 1.09. The van der Waals surface area contributed by atoms with Crippen LogP contribution in [0.2, 0.25) is 0 Å². The summed E-state index contributed by atoms with van der Waals surface area (Å²) in [4.78, 5) is 2.40. The summed E-state index contributed by atoms with van der Waals surface area (Å²) in [5.41, 5.74) is 17.7. The van der Waals surface area contributed by atoms with Crippen molar-refractivity contribution in [2.75, 3.05) is 4.90 Å². The van der Waals surface area contributed by atoms with Gasteiger partial charge in [-0.2, -0.15) is 0 Å². The molecule has 0 saturated carbocycles. The van der Waals surface area contributed by atoms with Crippen LogP contribution < -0.4 is 4.90 Å². The van der Waals surface area contributed by atoms with Crippen LogP contribution in [0.5, 0.6) is 0 Å². The second-order valence-electron chi connectivity index (χ2n) is 14.9. The molecule has 10 rings (SSSR count). The van der Waals surface area contributed by atoms with Crippen LogP contribution in [0.3, 0.4) is 0 Å². The smallest absolute Gasteiger partial charge is 0.0540 e. The fraction of sp³-hybridized carbons (Fsp3) is 0. The molecule has 0 aliphatic rings. The SMILES string of the molecule is c1ccc(-c2ccc(N(c3ccc(-c4cccc(-c5cccc6cccc(-c7ccccc7)c56)c4)cc3)c3ccc(-c4ccccc4)cc3-c3ccccc3)cc2)cc1. The van der Waals surface area contributed by atoms with Crippen LogP contribution in [-0.4, -0.2) is 0 Å². The van der Waals surface area contributed by atoms with Crippen molar-refractivity contribution in [3.05, 3.63) is 249 Å². The Hall–Kier alpha value is -7.74. The van der Waals surface area contributed by atoms with Gasteiger partial charge in [-0.15, -0.1) is 0 Å². The van der Waals surface area contributed by atoms with Crippen LogP contribution in [0.4, 0.5) is 17.1 Å². The van der Waals surface area contributed by atoms with E-state index in [1.165, 1.54) is 77.5 Å². The number of rotatable bonds is 9. The number of nitrogens with zero attached hydrogens (tertiary/aromatic N) is 1. The van der Waals surface area contributed by atoms with Crippen LogP contribution in [-0.2, 0) is 0 Å². The number of fused-ring (bicyclic) bond motifs is 1. The predicted octanol–water partition coefficient (Wildman–Crippen LogP) is 16.3. The molecule has 0 aliphatic carbocycles. The summed E-state index contributed by atoms with van der Waals surface area (Å²) in [5, 5.41) is 2.51. The van der Waals surface area contributed by atoms with Crippen LogP contribution in [0.25, 0.3) is 77.5 Å². The quantitative estimate of drug-likeness (QED) is 0.142. The molecule has 278 valence electrons. The molecule has 0 bridgehead atoms. The summed E-state index contributed by atoms with van der Waals surface area (Å²) in [6, 6.07) is 89.8. The molecular formula is C58H41N. The number of anilines is 3. The third kappa shape index (κ3) is 7.23. The molecule has 10 aromatic rings. The fourth-order valence-corrected chi connectivity index (χ4v) is 8.36. The Bertz CT molecular complexity index is 2990. The third-order valence-electron chi connectivity index (χ3n) is 11.3. The lowest BCUT2D eigenvalue weighted by atomic mass is 9.90. The number of hydrogen-bond donors (Lipinski definition) is 0. The van der Waals surface area contributed by atoms with Gasteiger partial charge < -0.3 is 4.90 Å². The molecule has 0 unspecified atom stereocenters. The van der Waals surface area contributed by atoms with Gasteiger partial charge in [-0.05, 0) is 114 Å². The molecule has 10 aromatic carbocycles. The van der Waals surface area contributed by atoms with Gasteiger partial charge in [0.25, 0.3) is 0 Å². The fourth-order valence-electron chi connectivity index (χ4n) is 8.36. The van der Waals surface area contributed by atoms with Gasteiger partial charge in [0.1, 0.15) is 0 Å². The van der Waals surface area contributed by atoms with Crippen molar-refractivity contribution in [2.45, 2.75) is 0 Å². The molecule has 0 atom stereocenters. The first-order chi connectivity index (χ1) is 29.3. The Morgan fingerprint density at radius 2 is 0.593 bits per heavy atom. The van der Waals surface area contributed by atoms with Crippen LogP contribution in [0.1, 0.15) is 0 Å². The second kappa shape index (κ2) is 16.0. The molecule has 0 radical (unpaired) electrons. The van der Waals surface area contributed by atoms with Crippen molar-refractivity contribution in [3.63, 3.8) is 0 Å². The molecule has 0 heterocycles. The first-order valence-corrected chi connectivity index (χ1v) is 20.3. The van der Waals surface area contributed by atoms with Gasteiger partial charge in [0.15, 0.2) is 0 Å². The van der Waals surface area contributed by atoms with E-state index in [0.29, 0.717) is 0 Å². The molecule has 0 N–H and O–H groups in total. The average Bonchev–Trinajstić information content (AvgIpc) is 3.33. The minimum absolute atomic E-state index is 1.09. The van der Waals surface area contributed by atoms with Crippen molar-refractivity contribution in [2.24, 2.45) is 0 Å². The summed E-state index contributed by atoms with van der Waals surface area (Å²) >= 11 is 0. The van der Waals surface area contributed by atoms with Gasteiger partial charge in [0, 0.05) is 16.9 Å². The van der Waals surface area contributed by atoms with Gasteiger partial charge >= 0.3 is 0 Å². The molecule has 0 saturated heterocycles. The third-order valence-corrected chi connectivity index (χ3v) is 11.3. The lowest BCUT2D eigenvalue weighted by Gasteiger charge is -2.29. The van der Waals surface area contributed by atoms with E-state index in [1.807, 2.05) is 0 Å². The monoisotopic (exact) mass is 751 g/mol. The Morgan fingerprint density at radius 3 is 1.15 bits per heavy atom. The van der Waals surface area contributed by atoms with Gasteiger partial charge in [0.05, 0.1) is 5.69 Å². The zero-order chi connectivity index (χ0) is 39.4. The topological polar surface area (TPSA) is 3.24 Å². The standard InChI is InChI=1S/C58H41N/c1-5-16-42(17-6-1)44-30-35-52(36-31-44)59(57-39-34-50(43-18-7-2-8-19-43)41-56(57)47-22-11-4-12-23-47)53-37-32-45(33-38-53)49-26-13-27-51(40-49)55-29-15-25-48-24-14-28-54(58(48)55)46-20-9-3-10-21-46/h1-41H. The lowest BCUT2D eigenvalue weighted by molar-refractivity contribution is 1.28. The van der Waals surface area contributed by atoms with E-state index in [0.717, 1.165) is 17.1 Å². The highest BCUT2D eigenvalue weighted by Gasteiger charge is 2.19. The highest BCUT2D eigenvalue weighted by atomic mass is 15.1. The van der Waals surface area contributed by atoms with Gasteiger partial charge in [-0.25, -0.2) is 0 Å². The maximum Gasteiger partial charge on any atom is 0.0540 e. The Labute approximate surface area is 346 Å². The van der Waals surface area contributed by atoms with E-state index in [-0.39, 0.29) is 0 Å². The molecule has 59 heavy (non-hydrogen) atoms. The Kier molecular flexibility index (Phi) is 9.68. The van der Waals surface area contributed by atoms with Crippen LogP contribution >= 0.6 is 0 Å². The largest absolute Gasteiger partial charge is 0.310 e. The van der Waals surface area contributed by atoms with Crippen molar-refractivity contribution >= 4 is 27.8 Å². The summed E-state index contributed by atoms with van der Waals surface area (Å²) < 4.78 is 0. The molecule has 0 amide bonds. The molecular weight excluding hydrogens is 711 g/mol. The van der Waals surface area contributed by atoms with Crippen molar-refractivity contribution in [3.8, 4) is 66.8 Å². The number of hydrogen-bond acceptors (Lipinski definition) is 1. The lowest BCUT2D eigenvalue weighted by Crippen LogP contribution is -2.11. The maximum absolute atomic E-state index is 2.40. The highest BCUT2D eigenvalue weighted by Crippen LogP contribution is 2.44. The van der Waals surface area contributed by atoms with E-state index in [2.05, 4.69) is 254 Å². The van der Waals surface area contributed by atoms with Crippen LogP contribution in [0, 0.1) is 0 Å². The summed E-state index contributed by atoms with van der Waals surface area (Å²) in [6.45, 7) is 0. The summed E-state index contributed by atoms with van der Waals surface area (Å²) in [5.74, 6) is 0. The van der Waals surface area contributed by atoms with Crippen molar-refractivity contribution < 1.29 is 0 Å². The van der Waals surface area contributed by atoms with E-state index in [9.17, 15) is 0 Å². The zero-order valence-corrected chi connectivity index (χ0v) is 32.6. The van der Waals surface area contributed by atoms with E-state index in [4.69, 9.17) is 0 Å². The van der Waals surface area contributed by atoms with E-state index < -0.39 is 0 Å². The highest BCUT2D eigenvalue weighted by molar-refractivity contribution is 6.06. The zero-order valence-electron chi connectivity index (χ0n) is 32.6. The number of benzene rings is 10. The van der Waals surface area contributed by atoms with Crippen LogP contribution in [0.15, 0.2) is 249 Å². The van der Waals surface area contributed by atoms with Gasteiger partial charge in [0.2, 0.25) is 0 Å². The summed E-state index contributed by atoms with van der Waals surface area (Å²) in [6.07, 6.45) is 0. The van der Waals surface area contributed by atoms with Gasteiger partial charge in [-0.1, -0.05) is 206 Å². The normalized spacial score (nSPS) is 11.1. The molecule has 0 spiro atoms. The molecule has 1 nitrogen and oxygen atoms in total. The molecule has 0 aromatic heterocycles. The van der Waals surface area contributed by atoms with E-state index >= 15 is 0 Å². The van der Waals surface area contributed by atoms with Gasteiger partial charge in [-0.3, -0.25) is 0 Å². The molecule has 0 fully saturated rings. The first kappa shape index (κ1) is 35.7.